The number of amides is 2. The maximum Gasteiger partial charge on any atom is 0.326 e. The third-order valence-electron chi connectivity index (χ3n) is 3.26. The summed E-state index contributed by atoms with van der Waals surface area (Å²) in [4.78, 5) is 33.7. The number of carbonyl (C=O) groups is 3. The lowest BCUT2D eigenvalue weighted by molar-refractivity contribution is -0.145. The van der Waals surface area contributed by atoms with Crippen LogP contribution in [0.2, 0.25) is 0 Å². The van der Waals surface area contributed by atoms with Crippen molar-refractivity contribution in [2.75, 3.05) is 13.1 Å². The van der Waals surface area contributed by atoms with Gasteiger partial charge in [0.2, 0.25) is 11.8 Å². The number of carboxylic acid groups (broad SMARTS) is 1. The Hall–Kier alpha value is -1.63. The van der Waals surface area contributed by atoms with Crippen molar-refractivity contribution in [3.05, 3.63) is 0 Å². The van der Waals surface area contributed by atoms with Gasteiger partial charge in [0.1, 0.15) is 6.04 Å². The topological polar surface area (TPSA) is 122 Å². The van der Waals surface area contributed by atoms with E-state index in [-0.39, 0.29) is 5.91 Å². The molecule has 1 atom stereocenters. The average molecular weight is 257 g/mol. The van der Waals surface area contributed by atoms with E-state index in [1.54, 1.807) is 6.92 Å². The summed E-state index contributed by atoms with van der Waals surface area (Å²) in [5.74, 6) is -2.34. The lowest BCUT2D eigenvalue weighted by Crippen LogP contribution is -2.51. The van der Waals surface area contributed by atoms with Gasteiger partial charge in [0.05, 0.1) is 6.42 Å². The predicted octanol–water partition coefficient (Wildman–Crippen LogP) is -1.18. The molecule has 0 aromatic carbocycles. The molecule has 0 radical (unpaired) electrons. The number of carboxylic acids is 1. The Bertz CT molecular complexity index is 350. The fourth-order valence-corrected chi connectivity index (χ4v) is 1.94. The summed E-state index contributed by atoms with van der Waals surface area (Å²) in [6.07, 6.45) is 0.888. The summed E-state index contributed by atoms with van der Waals surface area (Å²) in [7, 11) is 0. The van der Waals surface area contributed by atoms with Gasteiger partial charge in [0, 0.05) is 5.41 Å². The molecule has 102 valence electrons. The average Bonchev–Trinajstić information content (AvgIpc) is 2.28. The lowest BCUT2D eigenvalue weighted by atomic mass is 9.80. The number of carbonyl (C=O) groups excluding carboxylic acids is 2. The molecule has 0 aromatic rings. The van der Waals surface area contributed by atoms with Crippen LogP contribution >= 0.6 is 0 Å². The highest BCUT2D eigenvalue weighted by atomic mass is 16.4. The zero-order chi connectivity index (χ0) is 13.8. The molecule has 0 spiro atoms. The minimum atomic E-state index is -1.25. The monoisotopic (exact) mass is 257 g/mol. The highest BCUT2D eigenvalue weighted by molar-refractivity contribution is 5.90. The molecule has 1 fully saturated rings. The molecule has 0 aromatic heterocycles. The molecule has 1 saturated heterocycles. The maximum absolute atomic E-state index is 12.1. The van der Waals surface area contributed by atoms with Gasteiger partial charge in [-0.15, -0.1) is 0 Å². The summed E-state index contributed by atoms with van der Waals surface area (Å²) in [6, 6.07) is -1.25. The maximum atomic E-state index is 12.1. The first-order valence-electron chi connectivity index (χ1n) is 5.88. The van der Waals surface area contributed by atoms with Crippen molar-refractivity contribution in [1.29, 1.82) is 0 Å². The number of hydrogen-bond acceptors (Lipinski definition) is 4. The molecule has 0 saturated carbocycles. The second-order valence-corrected chi connectivity index (χ2v) is 4.85. The smallest absolute Gasteiger partial charge is 0.326 e. The largest absolute Gasteiger partial charge is 0.480 e. The van der Waals surface area contributed by atoms with Crippen LogP contribution in [-0.2, 0) is 14.4 Å². The summed E-state index contributed by atoms with van der Waals surface area (Å²) >= 11 is 0. The number of nitrogens with two attached hydrogens (primary N) is 1. The third kappa shape index (κ3) is 3.69. The summed E-state index contributed by atoms with van der Waals surface area (Å²) in [5, 5.41) is 14.4. The Morgan fingerprint density at radius 3 is 2.39 bits per heavy atom. The van der Waals surface area contributed by atoms with Crippen molar-refractivity contribution in [1.82, 2.24) is 10.6 Å². The van der Waals surface area contributed by atoms with Gasteiger partial charge in [-0.05, 0) is 25.9 Å². The van der Waals surface area contributed by atoms with Gasteiger partial charge in [-0.25, -0.2) is 4.79 Å². The van der Waals surface area contributed by atoms with Gasteiger partial charge in [0.15, 0.2) is 0 Å². The first-order valence-corrected chi connectivity index (χ1v) is 5.88. The molecule has 2 amide bonds. The van der Waals surface area contributed by atoms with Gasteiger partial charge >= 0.3 is 5.97 Å². The SMILES string of the molecule is CC1(C(=O)NC(CC(N)=O)C(=O)O)CCNCC1. The van der Waals surface area contributed by atoms with Gasteiger partial charge in [-0.1, -0.05) is 6.92 Å². The molecule has 0 aliphatic carbocycles. The fourth-order valence-electron chi connectivity index (χ4n) is 1.94. The Balaban J connectivity index is 2.65. The van der Waals surface area contributed by atoms with Crippen LogP contribution in [0, 0.1) is 5.41 Å². The van der Waals surface area contributed by atoms with Crippen LogP contribution in [0.5, 0.6) is 0 Å². The van der Waals surface area contributed by atoms with Crippen LogP contribution in [0.4, 0.5) is 0 Å². The minimum absolute atomic E-state index is 0.336. The molecule has 0 bridgehead atoms. The van der Waals surface area contributed by atoms with Gasteiger partial charge < -0.3 is 21.5 Å². The van der Waals surface area contributed by atoms with E-state index in [0.717, 1.165) is 13.1 Å². The second-order valence-electron chi connectivity index (χ2n) is 4.85. The molecule has 7 nitrogen and oxygen atoms in total. The van der Waals surface area contributed by atoms with Crippen molar-refractivity contribution in [3.63, 3.8) is 0 Å². The van der Waals surface area contributed by atoms with Gasteiger partial charge in [-0.2, -0.15) is 0 Å². The Labute approximate surface area is 105 Å². The highest BCUT2D eigenvalue weighted by Gasteiger charge is 2.36. The van der Waals surface area contributed by atoms with Crippen molar-refractivity contribution < 1.29 is 19.5 Å². The molecule has 1 unspecified atom stereocenters. The molecule has 1 aliphatic heterocycles. The molecular weight excluding hydrogens is 238 g/mol. The number of primary amides is 1. The molecule has 1 aliphatic rings. The predicted molar refractivity (Wildman–Crippen MR) is 63.6 cm³/mol. The molecule has 1 heterocycles. The molecule has 1 rings (SSSR count). The zero-order valence-electron chi connectivity index (χ0n) is 10.4. The second kappa shape index (κ2) is 5.81. The van der Waals surface area contributed by atoms with E-state index < -0.39 is 29.8 Å². The summed E-state index contributed by atoms with van der Waals surface area (Å²) < 4.78 is 0. The Kier molecular flexibility index (Phi) is 4.66. The van der Waals surface area contributed by atoms with Crippen molar-refractivity contribution >= 4 is 17.8 Å². The van der Waals surface area contributed by atoms with E-state index in [2.05, 4.69) is 10.6 Å². The first kappa shape index (κ1) is 14.4. The summed E-state index contributed by atoms with van der Waals surface area (Å²) in [5.41, 5.74) is 4.37. The number of nitrogens with one attached hydrogen (secondary N) is 2. The van der Waals surface area contributed by atoms with Crippen LogP contribution in [0.15, 0.2) is 0 Å². The normalized spacial score (nSPS) is 19.8. The minimum Gasteiger partial charge on any atom is -0.480 e. The van der Waals surface area contributed by atoms with Crippen LogP contribution in [0.1, 0.15) is 26.2 Å². The van der Waals surface area contributed by atoms with Crippen LogP contribution in [-0.4, -0.2) is 42.0 Å². The number of rotatable bonds is 5. The lowest BCUT2D eigenvalue weighted by Gasteiger charge is -2.33. The molecular formula is C11H19N3O4. The standard InChI is InChI=1S/C11H19N3O4/c1-11(2-4-13-5-3-11)10(18)14-7(9(16)17)6-8(12)15/h7,13H,2-6H2,1H3,(H2,12,15)(H,14,18)(H,16,17). The Morgan fingerprint density at radius 1 is 1.39 bits per heavy atom. The van der Waals surface area contributed by atoms with Gasteiger partial charge in [-0.3, -0.25) is 9.59 Å². The van der Waals surface area contributed by atoms with E-state index in [1.165, 1.54) is 0 Å². The zero-order valence-corrected chi connectivity index (χ0v) is 10.4. The molecule has 7 heteroatoms. The number of piperidine rings is 1. The highest BCUT2D eigenvalue weighted by Crippen LogP contribution is 2.28. The van der Waals surface area contributed by atoms with Gasteiger partial charge in [0.25, 0.3) is 0 Å². The molecule has 18 heavy (non-hydrogen) atoms. The summed E-state index contributed by atoms with van der Waals surface area (Å²) in [6.45, 7) is 3.24. The van der Waals surface area contributed by atoms with Crippen LogP contribution in [0.25, 0.3) is 0 Å². The number of hydrogen-bond donors (Lipinski definition) is 4. The first-order chi connectivity index (χ1) is 8.35. The van der Waals surface area contributed by atoms with E-state index in [0.29, 0.717) is 12.8 Å². The van der Waals surface area contributed by atoms with Crippen LogP contribution < -0.4 is 16.4 Å². The number of aliphatic carboxylic acids is 1. The van der Waals surface area contributed by atoms with Crippen molar-refractivity contribution in [2.24, 2.45) is 11.1 Å². The van der Waals surface area contributed by atoms with Crippen LogP contribution in [0.3, 0.4) is 0 Å². The van der Waals surface area contributed by atoms with Crippen molar-refractivity contribution in [3.8, 4) is 0 Å². The molecule has 5 N–H and O–H groups in total. The quantitative estimate of drug-likeness (QED) is 0.494. The fraction of sp³-hybridized carbons (Fsp3) is 0.727. The third-order valence-corrected chi connectivity index (χ3v) is 3.26. The van der Waals surface area contributed by atoms with Crippen molar-refractivity contribution in [2.45, 2.75) is 32.2 Å². The van der Waals surface area contributed by atoms with E-state index >= 15 is 0 Å². The Morgan fingerprint density at radius 2 is 1.94 bits per heavy atom. The van der Waals surface area contributed by atoms with E-state index in [9.17, 15) is 14.4 Å². The van der Waals surface area contributed by atoms with E-state index in [4.69, 9.17) is 10.8 Å². The van der Waals surface area contributed by atoms with E-state index in [1.807, 2.05) is 0 Å².